The van der Waals surface area contributed by atoms with Gasteiger partial charge in [0.2, 0.25) is 0 Å². The summed E-state index contributed by atoms with van der Waals surface area (Å²) in [5.41, 5.74) is 0.841. The van der Waals surface area contributed by atoms with Crippen LogP contribution in [0.25, 0.3) is 0 Å². The minimum atomic E-state index is -0.00661. The van der Waals surface area contributed by atoms with Crippen molar-refractivity contribution in [2.45, 2.75) is 6.42 Å². The summed E-state index contributed by atoms with van der Waals surface area (Å²) in [4.78, 5) is 17.9. The van der Waals surface area contributed by atoms with Gasteiger partial charge in [0.15, 0.2) is 12.6 Å². The van der Waals surface area contributed by atoms with Crippen LogP contribution < -0.4 is 20.3 Å². The van der Waals surface area contributed by atoms with Gasteiger partial charge in [-0.3, -0.25) is 9.79 Å². The Balaban J connectivity index is 1.84. The number of hydrogen-bond donors (Lipinski definition) is 2. The van der Waals surface area contributed by atoms with Gasteiger partial charge in [-0.2, -0.15) is 0 Å². The summed E-state index contributed by atoms with van der Waals surface area (Å²) in [6.45, 7) is 5.79. The van der Waals surface area contributed by atoms with Crippen LogP contribution in [0, 0.1) is 0 Å². The zero-order valence-corrected chi connectivity index (χ0v) is 12.8. The van der Waals surface area contributed by atoms with Gasteiger partial charge in [-0.25, -0.2) is 0 Å². The Morgan fingerprint density at radius 3 is 3.05 bits per heavy atom. The quantitative estimate of drug-likeness (QED) is 0.358. The molecule has 0 bridgehead atoms. The average molecular weight is 302 g/mol. The number of amides is 1. The highest BCUT2D eigenvalue weighted by Gasteiger charge is 2.24. The number of nitrogens with one attached hydrogen (secondary N) is 2. The molecule has 0 aliphatic carbocycles. The van der Waals surface area contributed by atoms with Crippen LogP contribution in [0.4, 0.5) is 5.69 Å². The molecule has 22 heavy (non-hydrogen) atoms. The van der Waals surface area contributed by atoms with Crippen molar-refractivity contribution in [2.75, 3.05) is 38.2 Å². The number of aliphatic imine (C=N–C) groups is 1. The van der Waals surface area contributed by atoms with E-state index in [1.54, 1.807) is 18.0 Å². The van der Waals surface area contributed by atoms with Crippen molar-refractivity contribution in [1.82, 2.24) is 10.6 Å². The summed E-state index contributed by atoms with van der Waals surface area (Å²) in [6.07, 6.45) is 2.59. The van der Waals surface area contributed by atoms with Crippen molar-refractivity contribution in [3.8, 4) is 5.75 Å². The molecule has 2 N–H and O–H groups in total. The van der Waals surface area contributed by atoms with Crippen LogP contribution in [0.1, 0.15) is 6.42 Å². The molecular formula is C16H22N4O2. The van der Waals surface area contributed by atoms with E-state index < -0.39 is 0 Å². The van der Waals surface area contributed by atoms with Gasteiger partial charge < -0.3 is 20.3 Å². The van der Waals surface area contributed by atoms with Gasteiger partial charge in [0.25, 0.3) is 5.91 Å². The fraction of sp³-hybridized carbons (Fsp3) is 0.375. The number of ether oxygens (including phenoxy) is 1. The molecule has 0 radical (unpaired) electrons. The molecule has 0 unspecified atom stereocenters. The van der Waals surface area contributed by atoms with Crippen LogP contribution >= 0.6 is 0 Å². The van der Waals surface area contributed by atoms with Gasteiger partial charge in [-0.05, 0) is 18.6 Å². The van der Waals surface area contributed by atoms with Crippen LogP contribution in [-0.4, -0.2) is 45.2 Å². The molecule has 0 fully saturated rings. The first-order chi connectivity index (χ1) is 10.8. The first-order valence-electron chi connectivity index (χ1n) is 7.34. The third-order valence-corrected chi connectivity index (χ3v) is 3.30. The fourth-order valence-corrected chi connectivity index (χ4v) is 2.23. The van der Waals surface area contributed by atoms with Gasteiger partial charge in [0.1, 0.15) is 5.75 Å². The van der Waals surface area contributed by atoms with Crippen LogP contribution in [0.5, 0.6) is 5.75 Å². The van der Waals surface area contributed by atoms with Gasteiger partial charge in [0.05, 0.1) is 5.69 Å². The number of guanidine groups is 1. The predicted molar refractivity (Wildman–Crippen MR) is 88.5 cm³/mol. The highest BCUT2D eigenvalue weighted by molar-refractivity contribution is 5.97. The number of para-hydroxylation sites is 2. The van der Waals surface area contributed by atoms with Crippen LogP contribution in [-0.2, 0) is 4.79 Å². The number of carbonyl (C=O) groups excluding carboxylic acids is 1. The Morgan fingerprint density at radius 2 is 2.27 bits per heavy atom. The maximum absolute atomic E-state index is 12.0. The number of nitrogens with zero attached hydrogens (tertiary/aromatic N) is 2. The molecule has 6 heteroatoms. The van der Waals surface area contributed by atoms with Crippen LogP contribution in [0.3, 0.4) is 0 Å². The number of carbonyl (C=O) groups is 1. The third kappa shape index (κ3) is 4.00. The van der Waals surface area contributed by atoms with E-state index in [0.29, 0.717) is 13.1 Å². The lowest BCUT2D eigenvalue weighted by atomic mass is 10.2. The maximum atomic E-state index is 12.0. The topological polar surface area (TPSA) is 66.0 Å². The lowest BCUT2D eigenvalue weighted by molar-refractivity contribution is -0.121. The largest absolute Gasteiger partial charge is 0.482 e. The van der Waals surface area contributed by atoms with Crippen molar-refractivity contribution in [1.29, 1.82) is 0 Å². The molecule has 1 aliphatic rings. The van der Waals surface area contributed by atoms with Crippen molar-refractivity contribution in [3.05, 3.63) is 36.9 Å². The second-order valence-corrected chi connectivity index (χ2v) is 4.82. The van der Waals surface area contributed by atoms with Gasteiger partial charge >= 0.3 is 0 Å². The highest BCUT2D eigenvalue weighted by atomic mass is 16.5. The van der Waals surface area contributed by atoms with E-state index in [4.69, 9.17) is 4.74 Å². The molecule has 0 saturated carbocycles. The van der Waals surface area contributed by atoms with Crippen molar-refractivity contribution in [2.24, 2.45) is 4.99 Å². The minimum absolute atomic E-state index is 0.00661. The smallest absolute Gasteiger partial charge is 0.265 e. The molecule has 1 aliphatic heterocycles. The second kappa shape index (κ2) is 8.07. The molecule has 6 nitrogen and oxygen atoms in total. The Hall–Kier alpha value is -2.50. The second-order valence-electron chi connectivity index (χ2n) is 4.82. The van der Waals surface area contributed by atoms with E-state index in [1.807, 2.05) is 24.3 Å². The van der Waals surface area contributed by atoms with Crippen LogP contribution in [0.2, 0.25) is 0 Å². The maximum Gasteiger partial charge on any atom is 0.265 e. The zero-order chi connectivity index (χ0) is 15.8. The lowest BCUT2D eigenvalue weighted by Crippen LogP contribution is -2.42. The average Bonchev–Trinajstić information content (AvgIpc) is 2.56. The molecular weight excluding hydrogens is 280 g/mol. The van der Waals surface area contributed by atoms with E-state index in [-0.39, 0.29) is 12.5 Å². The number of benzene rings is 1. The van der Waals surface area contributed by atoms with E-state index in [1.165, 1.54) is 0 Å². The first kappa shape index (κ1) is 15.9. The monoisotopic (exact) mass is 302 g/mol. The molecule has 1 heterocycles. The van der Waals surface area contributed by atoms with Crippen molar-refractivity contribution < 1.29 is 9.53 Å². The summed E-state index contributed by atoms with van der Waals surface area (Å²) < 4.78 is 5.43. The molecule has 0 atom stereocenters. The van der Waals surface area contributed by atoms with Gasteiger partial charge in [-0.15, -0.1) is 6.58 Å². The molecule has 0 spiro atoms. The molecule has 1 amide bonds. The van der Waals surface area contributed by atoms with Gasteiger partial charge in [-0.1, -0.05) is 18.2 Å². The van der Waals surface area contributed by atoms with E-state index in [9.17, 15) is 4.79 Å². The molecule has 118 valence electrons. The van der Waals surface area contributed by atoms with E-state index >= 15 is 0 Å². The number of anilines is 1. The molecule has 0 aromatic heterocycles. The standard InChI is InChI=1S/C16H22N4O2/c1-3-9-18-16(17-2)19-10-6-11-20-13-7-4-5-8-14(13)22-12-15(20)21/h3-5,7-8H,1,6,9-12H2,2H3,(H2,17,18,19). The van der Waals surface area contributed by atoms with Crippen molar-refractivity contribution in [3.63, 3.8) is 0 Å². The first-order valence-corrected chi connectivity index (χ1v) is 7.34. The Labute approximate surface area is 130 Å². The minimum Gasteiger partial charge on any atom is -0.482 e. The molecule has 2 rings (SSSR count). The van der Waals surface area contributed by atoms with Crippen LogP contribution in [0.15, 0.2) is 41.9 Å². The molecule has 1 aromatic rings. The number of rotatable bonds is 6. The Morgan fingerprint density at radius 1 is 1.45 bits per heavy atom. The van der Waals surface area contributed by atoms with E-state index in [0.717, 1.165) is 30.4 Å². The third-order valence-electron chi connectivity index (χ3n) is 3.30. The summed E-state index contributed by atoms with van der Waals surface area (Å²) in [5.74, 6) is 1.49. The lowest BCUT2D eigenvalue weighted by Gasteiger charge is -2.29. The van der Waals surface area contributed by atoms with E-state index in [2.05, 4.69) is 22.2 Å². The fourth-order valence-electron chi connectivity index (χ4n) is 2.23. The number of fused-ring (bicyclic) bond motifs is 1. The summed E-state index contributed by atoms with van der Waals surface area (Å²) in [6, 6.07) is 7.61. The summed E-state index contributed by atoms with van der Waals surface area (Å²) in [7, 11) is 1.72. The summed E-state index contributed by atoms with van der Waals surface area (Å²) in [5, 5.41) is 6.31. The molecule has 0 saturated heterocycles. The normalized spacial score (nSPS) is 14.1. The SMILES string of the molecule is C=CCNC(=NC)NCCCN1C(=O)COc2ccccc21. The predicted octanol–water partition coefficient (Wildman–Crippen LogP) is 1.15. The van der Waals surface area contributed by atoms with Crippen molar-refractivity contribution >= 4 is 17.6 Å². The Kier molecular flexibility index (Phi) is 5.82. The number of hydrogen-bond acceptors (Lipinski definition) is 3. The Bertz CT molecular complexity index is 557. The molecule has 1 aromatic carbocycles. The zero-order valence-electron chi connectivity index (χ0n) is 12.8. The highest BCUT2D eigenvalue weighted by Crippen LogP contribution is 2.31. The van der Waals surface area contributed by atoms with Gasteiger partial charge in [0, 0.05) is 26.7 Å². The summed E-state index contributed by atoms with van der Waals surface area (Å²) >= 11 is 0.